The van der Waals surface area contributed by atoms with E-state index in [4.69, 9.17) is 0 Å². The number of para-hydroxylation sites is 1. The molecule has 100 valence electrons. The lowest BCUT2D eigenvalue weighted by Gasteiger charge is -2.08. The predicted octanol–water partition coefficient (Wildman–Crippen LogP) is 3.73. The molecule has 1 fully saturated rings. The fraction of sp³-hybridized carbons (Fsp3) is 0.286. The molecule has 0 unspecified atom stereocenters. The number of hydrogen-bond donors (Lipinski definition) is 1. The topological polar surface area (TPSA) is 46.2 Å². The fourth-order valence-electron chi connectivity index (χ4n) is 1.95. The number of hydrogen-bond acceptors (Lipinski definition) is 3. The van der Waals surface area contributed by atoms with E-state index in [1.807, 2.05) is 31.2 Å². The molecule has 0 radical (unpaired) electrons. The minimum absolute atomic E-state index is 0.401. The molecule has 1 aliphatic carbocycles. The molecule has 0 bridgehead atoms. The maximum absolute atomic E-state index is 12.3. The minimum Gasteiger partial charge on any atom is -0.279 e. The highest BCUT2D eigenvalue weighted by Crippen LogP contribution is 2.44. The highest BCUT2D eigenvalue weighted by Gasteiger charge is 2.27. The van der Waals surface area contributed by atoms with Crippen LogP contribution in [0, 0.1) is 6.92 Å². The first-order valence-corrected chi connectivity index (χ1v) is 8.54. The van der Waals surface area contributed by atoms with Crippen LogP contribution in [-0.4, -0.2) is 8.42 Å². The van der Waals surface area contributed by atoms with Crippen LogP contribution < -0.4 is 4.72 Å². The van der Waals surface area contributed by atoms with Gasteiger partial charge in [0.15, 0.2) is 0 Å². The Balaban J connectivity index is 1.87. The maximum atomic E-state index is 12.3. The van der Waals surface area contributed by atoms with Crippen molar-refractivity contribution < 1.29 is 8.42 Å². The molecule has 0 atom stereocenters. The van der Waals surface area contributed by atoms with Crippen molar-refractivity contribution in [3.8, 4) is 0 Å². The largest absolute Gasteiger partial charge is 0.279 e. The van der Waals surface area contributed by atoms with E-state index >= 15 is 0 Å². The molecule has 1 aromatic heterocycles. The summed E-state index contributed by atoms with van der Waals surface area (Å²) < 4.78 is 27.7. The second-order valence-corrected chi connectivity index (χ2v) is 7.88. The SMILES string of the molecule is Cc1ccccc1NS(=O)(=O)c1ccc(C2CC2)s1. The molecule has 1 saturated carbocycles. The molecular formula is C14H15NO2S2. The first kappa shape index (κ1) is 12.7. The molecule has 0 saturated heterocycles. The lowest BCUT2D eigenvalue weighted by Crippen LogP contribution is -2.12. The normalized spacial score (nSPS) is 15.4. The Morgan fingerprint density at radius 2 is 1.89 bits per heavy atom. The van der Waals surface area contributed by atoms with Gasteiger partial charge in [0, 0.05) is 4.88 Å². The van der Waals surface area contributed by atoms with Gasteiger partial charge in [0.1, 0.15) is 4.21 Å². The van der Waals surface area contributed by atoms with E-state index in [1.54, 1.807) is 12.1 Å². The van der Waals surface area contributed by atoms with Gasteiger partial charge in [-0.3, -0.25) is 4.72 Å². The zero-order valence-corrected chi connectivity index (χ0v) is 12.2. The summed E-state index contributed by atoms with van der Waals surface area (Å²) in [6, 6.07) is 11.0. The summed E-state index contributed by atoms with van der Waals surface area (Å²) >= 11 is 1.39. The van der Waals surface area contributed by atoms with Gasteiger partial charge in [-0.2, -0.15) is 0 Å². The Kier molecular flexibility index (Phi) is 3.11. The van der Waals surface area contributed by atoms with E-state index in [2.05, 4.69) is 4.72 Å². The van der Waals surface area contributed by atoms with Crippen molar-refractivity contribution in [2.24, 2.45) is 0 Å². The molecule has 0 amide bonds. The van der Waals surface area contributed by atoms with Crippen LogP contribution in [0.15, 0.2) is 40.6 Å². The van der Waals surface area contributed by atoms with Crippen molar-refractivity contribution in [1.29, 1.82) is 0 Å². The second-order valence-electron chi connectivity index (χ2n) is 4.85. The third-order valence-electron chi connectivity index (χ3n) is 3.24. The monoisotopic (exact) mass is 293 g/mol. The quantitative estimate of drug-likeness (QED) is 0.933. The van der Waals surface area contributed by atoms with Crippen molar-refractivity contribution >= 4 is 27.0 Å². The van der Waals surface area contributed by atoms with Gasteiger partial charge in [-0.25, -0.2) is 8.42 Å². The molecule has 1 aliphatic rings. The summed E-state index contributed by atoms with van der Waals surface area (Å²) in [5.74, 6) is 0.590. The average Bonchev–Trinajstić information content (AvgIpc) is 3.09. The Labute approximate surface area is 117 Å². The van der Waals surface area contributed by atoms with Crippen LogP contribution in [0.1, 0.15) is 29.2 Å². The van der Waals surface area contributed by atoms with Gasteiger partial charge < -0.3 is 0 Å². The summed E-state index contributed by atoms with van der Waals surface area (Å²) in [7, 11) is -3.45. The van der Waals surface area contributed by atoms with E-state index in [0.29, 0.717) is 15.8 Å². The van der Waals surface area contributed by atoms with E-state index in [9.17, 15) is 8.42 Å². The highest BCUT2D eigenvalue weighted by molar-refractivity contribution is 7.94. The van der Waals surface area contributed by atoms with Crippen molar-refractivity contribution in [2.75, 3.05) is 4.72 Å². The molecule has 0 aliphatic heterocycles. The Bertz CT molecular complexity index is 700. The van der Waals surface area contributed by atoms with Gasteiger partial charge in [-0.05, 0) is 49.4 Å². The molecule has 1 heterocycles. The summed E-state index contributed by atoms with van der Waals surface area (Å²) in [5, 5.41) is 0. The van der Waals surface area contributed by atoms with E-state index in [0.717, 1.165) is 5.56 Å². The summed E-state index contributed by atoms with van der Waals surface area (Å²) in [6.45, 7) is 1.89. The lowest BCUT2D eigenvalue weighted by molar-refractivity contribution is 0.603. The zero-order chi connectivity index (χ0) is 13.5. The molecule has 3 rings (SSSR count). The van der Waals surface area contributed by atoms with Gasteiger partial charge >= 0.3 is 0 Å². The number of sulfonamides is 1. The zero-order valence-electron chi connectivity index (χ0n) is 10.6. The molecule has 0 spiro atoms. The van der Waals surface area contributed by atoms with E-state index in [-0.39, 0.29) is 0 Å². The van der Waals surface area contributed by atoms with Crippen LogP contribution in [0.2, 0.25) is 0 Å². The lowest BCUT2D eigenvalue weighted by atomic mass is 10.2. The minimum atomic E-state index is -3.45. The molecule has 3 nitrogen and oxygen atoms in total. The Hall–Kier alpha value is -1.33. The van der Waals surface area contributed by atoms with Crippen molar-refractivity contribution in [1.82, 2.24) is 0 Å². The van der Waals surface area contributed by atoms with Crippen LogP contribution in [0.5, 0.6) is 0 Å². The van der Waals surface area contributed by atoms with E-state index in [1.165, 1.54) is 29.1 Å². The number of aryl methyl sites for hydroxylation is 1. The van der Waals surface area contributed by atoms with Crippen LogP contribution >= 0.6 is 11.3 Å². The van der Waals surface area contributed by atoms with Crippen LogP contribution in [-0.2, 0) is 10.0 Å². The van der Waals surface area contributed by atoms with E-state index < -0.39 is 10.0 Å². The van der Waals surface area contributed by atoms with Crippen molar-refractivity contribution in [3.63, 3.8) is 0 Å². The number of anilines is 1. The molecule has 1 N–H and O–H groups in total. The van der Waals surface area contributed by atoms with Gasteiger partial charge in [-0.15, -0.1) is 11.3 Å². The van der Waals surface area contributed by atoms with Crippen LogP contribution in [0.4, 0.5) is 5.69 Å². The average molecular weight is 293 g/mol. The molecule has 2 aromatic rings. The first-order valence-electron chi connectivity index (χ1n) is 6.24. The van der Waals surface area contributed by atoms with Crippen LogP contribution in [0.3, 0.4) is 0 Å². The Morgan fingerprint density at radius 1 is 1.16 bits per heavy atom. The smallest absolute Gasteiger partial charge is 0.271 e. The first-order chi connectivity index (χ1) is 9.06. The summed E-state index contributed by atoms with van der Waals surface area (Å²) in [6.07, 6.45) is 2.37. The molecule has 19 heavy (non-hydrogen) atoms. The fourth-order valence-corrected chi connectivity index (χ4v) is 4.57. The summed E-state index contributed by atoms with van der Waals surface area (Å²) in [5.41, 5.74) is 1.56. The third kappa shape index (κ3) is 2.67. The van der Waals surface area contributed by atoms with Gasteiger partial charge in [-0.1, -0.05) is 18.2 Å². The molecule has 1 aromatic carbocycles. The number of nitrogens with one attached hydrogen (secondary N) is 1. The number of thiophene rings is 1. The van der Waals surface area contributed by atoms with Gasteiger partial charge in [0.2, 0.25) is 0 Å². The van der Waals surface area contributed by atoms with Crippen molar-refractivity contribution in [3.05, 3.63) is 46.8 Å². The summed E-state index contributed by atoms with van der Waals surface area (Å²) in [4.78, 5) is 1.19. The van der Waals surface area contributed by atoms with Crippen LogP contribution in [0.25, 0.3) is 0 Å². The molecule has 5 heteroatoms. The number of rotatable bonds is 4. The highest BCUT2D eigenvalue weighted by atomic mass is 32.2. The number of benzene rings is 1. The predicted molar refractivity (Wildman–Crippen MR) is 78.3 cm³/mol. The Morgan fingerprint density at radius 3 is 2.58 bits per heavy atom. The second kappa shape index (κ2) is 4.65. The standard InChI is InChI=1S/C14H15NO2S2/c1-10-4-2-3-5-12(10)15-19(16,17)14-9-8-13(18-14)11-6-7-11/h2-5,8-9,11,15H,6-7H2,1H3. The van der Waals surface area contributed by atoms with Gasteiger partial charge in [0.05, 0.1) is 5.69 Å². The van der Waals surface area contributed by atoms with Gasteiger partial charge in [0.25, 0.3) is 10.0 Å². The molecular weight excluding hydrogens is 278 g/mol. The maximum Gasteiger partial charge on any atom is 0.271 e. The third-order valence-corrected chi connectivity index (χ3v) is 6.34. The van der Waals surface area contributed by atoms with Crippen molar-refractivity contribution in [2.45, 2.75) is 29.9 Å².